The van der Waals surface area contributed by atoms with E-state index in [2.05, 4.69) is 4.72 Å². The maximum atomic E-state index is 12.5. The van der Waals surface area contributed by atoms with E-state index in [0.717, 1.165) is 12.8 Å². The van der Waals surface area contributed by atoms with Crippen LogP contribution in [0.1, 0.15) is 32.6 Å². The summed E-state index contributed by atoms with van der Waals surface area (Å²) in [5, 5.41) is 0. The van der Waals surface area contributed by atoms with Gasteiger partial charge in [0.1, 0.15) is 0 Å². The Balaban J connectivity index is 1.68. The molecular formula is C16H24N2O4S2. The van der Waals surface area contributed by atoms with Crippen LogP contribution in [0.2, 0.25) is 0 Å². The highest BCUT2D eigenvalue weighted by Crippen LogP contribution is 2.49. The van der Waals surface area contributed by atoms with E-state index in [1.165, 1.54) is 0 Å². The van der Waals surface area contributed by atoms with Gasteiger partial charge in [0.25, 0.3) is 0 Å². The lowest BCUT2D eigenvalue weighted by Gasteiger charge is -2.53. The van der Waals surface area contributed by atoms with Crippen LogP contribution in [-0.4, -0.2) is 46.0 Å². The van der Waals surface area contributed by atoms with Crippen LogP contribution in [-0.2, 0) is 20.0 Å². The minimum atomic E-state index is -3.52. The number of hydrogen-bond acceptors (Lipinski definition) is 4. The molecule has 1 heterocycles. The van der Waals surface area contributed by atoms with E-state index in [-0.39, 0.29) is 22.1 Å². The molecule has 3 rings (SSSR count). The molecule has 1 atom stereocenters. The lowest BCUT2D eigenvalue weighted by Crippen LogP contribution is -2.59. The minimum Gasteiger partial charge on any atom is -0.212 e. The number of benzene rings is 1. The molecule has 0 aromatic heterocycles. The first-order valence-corrected chi connectivity index (χ1v) is 11.4. The molecule has 0 unspecified atom stereocenters. The van der Waals surface area contributed by atoms with E-state index in [4.69, 9.17) is 0 Å². The summed E-state index contributed by atoms with van der Waals surface area (Å²) < 4.78 is 53.4. The van der Waals surface area contributed by atoms with Crippen molar-refractivity contribution in [1.29, 1.82) is 0 Å². The summed E-state index contributed by atoms with van der Waals surface area (Å²) in [6, 6.07) is 8.27. The predicted octanol–water partition coefficient (Wildman–Crippen LogP) is 1.56. The number of nitrogens with zero attached hydrogens (tertiary/aromatic N) is 1. The fourth-order valence-electron chi connectivity index (χ4n) is 3.73. The van der Waals surface area contributed by atoms with Crippen molar-refractivity contribution in [2.24, 2.45) is 5.41 Å². The van der Waals surface area contributed by atoms with Crippen LogP contribution in [0.4, 0.5) is 0 Å². The molecule has 1 aromatic carbocycles. The Morgan fingerprint density at radius 3 is 2.21 bits per heavy atom. The molecule has 1 spiro atoms. The van der Waals surface area contributed by atoms with Gasteiger partial charge in [-0.2, -0.15) is 0 Å². The molecule has 1 aliphatic carbocycles. The fourth-order valence-corrected chi connectivity index (χ4v) is 6.22. The lowest BCUT2D eigenvalue weighted by molar-refractivity contribution is 0.0239. The van der Waals surface area contributed by atoms with Gasteiger partial charge in [0, 0.05) is 19.1 Å². The van der Waals surface area contributed by atoms with Crippen LogP contribution in [0.5, 0.6) is 0 Å². The number of hydrogen-bond donors (Lipinski definition) is 1. The summed E-state index contributed by atoms with van der Waals surface area (Å²) in [6.07, 6.45) is 3.20. The molecule has 1 saturated heterocycles. The summed E-state index contributed by atoms with van der Waals surface area (Å²) in [6.45, 7) is 2.62. The van der Waals surface area contributed by atoms with E-state index in [0.29, 0.717) is 25.9 Å². The maximum absolute atomic E-state index is 12.5. The van der Waals surface area contributed by atoms with Gasteiger partial charge in [-0.05, 0) is 50.2 Å². The van der Waals surface area contributed by atoms with Crippen molar-refractivity contribution >= 4 is 20.0 Å². The maximum Gasteiger partial charge on any atom is 0.240 e. The summed E-state index contributed by atoms with van der Waals surface area (Å²) in [5.74, 6) is 0.115. The third-order valence-corrected chi connectivity index (χ3v) is 8.87. The van der Waals surface area contributed by atoms with Crippen LogP contribution < -0.4 is 4.72 Å². The highest BCUT2D eigenvalue weighted by Gasteiger charge is 2.50. The van der Waals surface area contributed by atoms with Gasteiger partial charge in [0.15, 0.2) is 0 Å². The van der Waals surface area contributed by atoms with Gasteiger partial charge in [0.2, 0.25) is 20.0 Å². The van der Waals surface area contributed by atoms with Crippen molar-refractivity contribution < 1.29 is 16.8 Å². The minimum absolute atomic E-state index is 0.0956. The Bertz CT molecular complexity index is 783. The van der Waals surface area contributed by atoms with E-state index in [1.807, 2.05) is 0 Å². The fraction of sp³-hybridized carbons (Fsp3) is 0.625. The zero-order chi connectivity index (χ0) is 17.4. The average Bonchev–Trinajstić information content (AvgIpc) is 2.60. The first kappa shape index (κ1) is 17.8. The molecule has 24 heavy (non-hydrogen) atoms. The molecular weight excluding hydrogens is 348 g/mol. The Hall–Kier alpha value is -0.960. The molecule has 1 aliphatic heterocycles. The SMILES string of the molecule is CCS(=O)(=O)N1CCC2(CC[C@@H]2NS(=O)(=O)c2ccccc2)CC1. The smallest absolute Gasteiger partial charge is 0.212 e. The van der Waals surface area contributed by atoms with Crippen LogP contribution in [0.15, 0.2) is 35.2 Å². The second-order valence-electron chi connectivity index (χ2n) is 6.69. The number of piperidine rings is 1. The van der Waals surface area contributed by atoms with Crippen LogP contribution in [0.25, 0.3) is 0 Å². The van der Waals surface area contributed by atoms with E-state index < -0.39 is 20.0 Å². The van der Waals surface area contributed by atoms with Gasteiger partial charge in [-0.3, -0.25) is 0 Å². The van der Waals surface area contributed by atoms with E-state index >= 15 is 0 Å². The molecule has 0 amide bonds. The van der Waals surface area contributed by atoms with Crippen LogP contribution in [0, 0.1) is 5.41 Å². The number of nitrogens with one attached hydrogen (secondary N) is 1. The van der Waals surface area contributed by atoms with E-state index in [1.54, 1.807) is 41.6 Å². The number of sulfonamides is 2. The monoisotopic (exact) mass is 372 g/mol. The zero-order valence-corrected chi connectivity index (χ0v) is 15.4. The van der Waals surface area contributed by atoms with Crippen molar-refractivity contribution in [2.75, 3.05) is 18.8 Å². The lowest BCUT2D eigenvalue weighted by atomic mass is 9.60. The molecule has 6 nitrogen and oxygen atoms in total. The topological polar surface area (TPSA) is 83.6 Å². The standard InChI is InChI=1S/C16H24N2O4S2/c1-2-23(19,20)18-12-10-16(11-13-18)9-8-15(16)17-24(21,22)14-6-4-3-5-7-14/h3-7,15,17H,2,8-13H2,1H3/t15-/m0/s1. The van der Waals surface area contributed by atoms with Gasteiger partial charge in [-0.25, -0.2) is 25.9 Å². The second kappa shape index (κ2) is 6.40. The van der Waals surface area contributed by atoms with Crippen molar-refractivity contribution in [3.8, 4) is 0 Å². The summed E-state index contributed by atoms with van der Waals surface area (Å²) >= 11 is 0. The largest absolute Gasteiger partial charge is 0.240 e. The molecule has 0 radical (unpaired) electrons. The average molecular weight is 373 g/mol. The highest BCUT2D eigenvalue weighted by molar-refractivity contribution is 7.89. The molecule has 2 fully saturated rings. The van der Waals surface area contributed by atoms with E-state index in [9.17, 15) is 16.8 Å². The summed E-state index contributed by atoms with van der Waals surface area (Å²) in [7, 11) is -6.68. The van der Waals surface area contributed by atoms with Gasteiger partial charge in [-0.15, -0.1) is 0 Å². The van der Waals surface area contributed by atoms with Crippen molar-refractivity contribution in [3.05, 3.63) is 30.3 Å². The Morgan fingerprint density at radius 2 is 1.71 bits per heavy atom. The Labute approximate surface area is 144 Å². The Morgan fingerprint density at radius 1 is 1.08 bits per heavy atom. The first-order chi connectivity index (χ1) is 11.3. The first-order valence-electron chi connectivity index (χ1n) is 8.34. The molecule has 1 N–H and O–H groups in total. The normalized spacial score (nSPS) is 24.6. The zero-order valence-electron chi connectivity index (χ0n) is 13.8. The predicted molar refractivity (Wildman–Crippen MR) is 92.5 cm³/mol. The molecule has 1 aromatic rings. The van der Waals surface area contributed by atoms with Gasteiger partial charge >= 0.3 is 0 Å². The molecule has 134 valence electrons. The van der Waals surface area contributed by atoms with Crippen LogP contribution in [0.3, 0.4) is 0 Å². The third kappa shape index (κ3) is 3.24. The highest BCUT2D eigenvalue weighted by atomic mass is 32.2. The quantitative estimate of drug-likeness (QED) is 0.850. The molecule has 2 aliphatic rings. The summed E-state index contributed by atoms with van der Waals surface area (Å²) in [4.78, 5) is 0.276. The second-order valence-corrected chi connectivity index (χ2v) is 10.7. The number of rotatable bonds is 5. The van der Waals surface area contributed by atoms with Crippen molar-refractivity contribution in [3.63, 3.8) is 0 Å². The van der Waals surface area contributed by atoms with Gasteiger partial charge in [-0.1, -0.05) is 18.2 Å². The molecule has 8 heteroatoms. The molecule has 0 bridgehead atoms. The van der Waals surface area contributed by atoms with Crippen molar-refractivity contribution in [1.82, 2.24) is 9.03 Å². The van der Waals surface area contributed by atoms with Gasteiger partial charge in [0.05, 0.1) is 10.6 Å². The third-order valence-electron chi connectivity index (χ3n) is 5.50. The van der Waals surface area contributed by atoms with Crippen LogP contribution >= 0.6 is 0 Å². The Kier molecular flexibility index (Phi) is 4.76. The molecule has 1 saturated carbocycles. The summed E-state index contributed by atoms with van der Waals surface area (Å²) in [5.41, 5.74) is -0.0956. The van der Waals surface area contributed by atoms with Gasteiger partial charge < -0.3 is 0 Å². The van der Waals surface area contributed by atoms with Crippen molar-refractivity contribution in [2.45, 2.75) is 43.5 Å².